The van der Waals surface area contributed by atoms with Gasteiger partial charge in [-0.15, -0.1) is 0 Å². The van der Waals surface area contributed by atoms with E-state index in [0.717, 1.165) is 23.1 Å². The van der Waals surface area contributed by atoms with Crippen molar-refractivity contribution in [1.82, 2.24) is 14.4 Å². The zero-order valence-electron chi connectivity index (χ0n) is 15.3. The van der Waals surface area contributed by atoms with Gasteiger partial charge in [0.1, 0.15) is 23.7 Å². The summed E-state index contributed by atoms with van der Waals surface area (Å²) in [5.41, 5.74) is 1.16. The number of carbonyl (C=O) groups excluding carboxylic acids is 2. The molecule has 2 aromatic rings. The Morgan fingerprint density at radius 3 is 2.77 bits per heavy atom. The first-order valence-electron chi connectivity index (χ1n) is 8.73. The summed E-state index contributed by atoms with van der Waals surface area (Å²) in [6, 6.07) is 7.70. The second-order valence-corrected chi connectivity index (χ2v) is 7.21. The minimum absolute atomic E-state index is 0.0111. The Balaban J connectivity index is 1.58. The van der Waals surface area contributed by atoms with E-state index >= 15 is 0 Å². The van der Waals surface area contributed by atoms with E-state index in [4.69, 9.17) is 9.47 Å². The van der Waals surface area contributed by atoms with Crippen molar-refractivity contribution in [2.45, 2.75) is 12.0 Å². The Bertz CT molecular complexity index is 890. The standard InChI is InChI=1S/C19H23N3O4/c1-20-11-19(26-10-17(20)23)6-7-22(12-19)18(24)16-8-13-4-5-14(25-3)9-15(13)21(16)2/h4-5,8-9H,6-7,10-12H2,1-3H3. The molecule has 2 aliphatic rings. The van der Waals surface area contributed by atoms with E-state index in [1.807, 2.05) is 40.8 Å². The number of nitrogens with zero attached hydrogens (tertiary/aromatic N) is 3. The molecule has 3 heterocycles. The van der Waals surface area contributed by atoms with Gasteiger partial charge < -0.3 is 23.8 Å². The van der Waals surface area contributed by atoms with Gasteiger partial charge >= 0.3 is 0 Å². The molecule has 0 saturated carbocycles. The zero-order valence-corrected chi connectivity index (χ0v) is 15.3. The first-order valence-corrected chi connectivity index (χ1v) is 8.73. The quantitative estimate of drug-likeness (QED) is 0.812. The number of ether oxygens (including phenoxy) is 2. The van der Waals surface area contributed by atoms with E-state index in [1.54, 1.807) is 19.1 Å². The molecule has 2 saturated heterocycles. The van der Waals surface area contributed by atoms with Gasteiger partial charge in [-0.05, 0) is 24.6 Å². The van der Waals surface area contributed by atoms with Gasteiger partial charge in [-0.25, -0.2) is 0 Å². The Morgan fingerprint density at radius 2 is 2.04 bits per heavy atom. The molecule has 2 aliphatic heterocycles. The largest absolute Gasteiger partial charge is 0.497 e. The van der Waals surface area contributed by atoms with E-state index in [2.05, 4.69) is 0 Å². The minimum Gasteiger partial charge on any atom is -0.497 e. The first-order chi connectivity index (χ1) is 12.4. The van der Waals surface area contributed by atoms with Gasteiger partial charge in [0.05, 0.1) is 25.7 Å². The average molecular weight is 357 g/mol. The number of carbonyl (C=O) groups is 2. The third-order valence-corrected chi connectivity index (χ3v) is 5.53. The van der Waals surface area contributed by atoms with Crippen LogP contribution < -0.4 is 4.74 Å². The molecule has 0 bridgehead atoms. The molecule has 26 heavy (non-hydrogen) atoms. The summed E-state index contributed by atoms with van der Waals surface area (Å²) in [7, 11) is 5.31. The van der Waals surface area contributed by atoms with E-state index in [-0.39, 0.29) is 18.4 Å². The van der Waals surface area contributed by atoms with Crippen LogP contribution in [0.1, 0.15) is 16.9 Å². The smallest absolute Gasteiger partial charge is 0.270 e. The van der Waals surface area contributed by atoms with Crippen molar-refractivity contribution in [3.05, 3.63) is 30.0 Å². The number of aromatic nitrogens is 1. The van der Waals surface area contributed by atoms with E-state index in [1.165, 1.54) is 0 Å². The van der Waals surface area contributed by atoms with Crippen LogP contribution in [0.5, 0.6) is 5.75 Å². The molecule has 138 valence electrons. The molecule has 0 aliphatic carbocycles. The third kappa shape index (κ3) is 2.63. The molecule has 0 N–H and O–H groups in total. The number of fused-ring (bicyclic) bond motifs is 1. The van der Waals surface area contributed by atoms with Crippen LogP contribution in [-0.4, -0.2) is 72.2 Å². The van der Waals surface area contributed by atoms with Crippen LogP contribution >= 0.6 is 0 Å². The highest BCUT2D eigenvalue weighted by atomic mass is 16.5. The van der Waals surface area contributed by atoms with Gasteiger partial charge in [0, 0.05) is 32.1 Å². The molecule has 2 fully saturated rings. The summed E-state index contributed by atoms with van der Waals surface area (Å²) in [6.07, 6.45) is 0.744. The molecular formula is C19H23N3O4. The molecule has 1 unspecified atom stereocenters. The third-order valence-electron chi connectivity index (χ3n) is 5.53. The fourth-order valence-corrected chi connectivity index (χ4v) is 3.96. The van der Waals surface area contributed by atoms with Crippen LogP contribution in [0.2, 0.25) is 0 Å². The van der Waals surface area contributed by atoms with Crippen molar-refractivity contribution in [3.63, 3.8) is 0 Å². The van der Waals surface area contributed by atoms with Crippen molar-refractivity contribution < 1.29 is 19.1 Å². The summed E-state index contributed by atoms with van der Waals surface area (Å²) >= 11 is 0. The zero-order chi connectivity index (χ0) is 18.5. The maximum absolute atomic E-state index is 13.1. The second-order valence-electron chi connectivity index (χ2n) is 7.21. The fourth-order valence-electron chi connectivity index (χ4n) is 3.96. The molecular weight excluding hydrogens is 334 g/mol. The number of likely N-dealkylation sites (N-methyl/N-ethyl adjacent to an activating group) is 1. The minimum atomic E-state index is -0.438. The van der Waals surface area contributed by atoms with Gasteiger partial charge in [0.15, 0.2) is 0 Å². The van der Waals surface area contributed by atoms with Gasteiger partial charge in [0.2, 0.25) is 5.91 Å². The second kappa shape index (κ2) is 6.02. The highest BCUT2D eigenvalue weighted by molar-refractivity contribution is 5.99. The number of hydrogen-bond donors (Lipinski definition) is 0. The molecule has 7 heteroatoms. The highest BCUT2D eigenvalue weighted by Crippen LogP contribution is 2.31. The van der Waals surface area contributed by atoms with Crippen LogP contribution in [0, 0.1) is 0 Å². The summed E-state index contributed by atoms with van der Waals surface area (Å²) in [6.45, 7) is 1.76. The predicted octanol–water partition coefficient (Wildman–Crippen LogP) is 1.26. The summed E-state index contributed by atoms with van der Waals surface area (Å²) in [4.78, 5) is 28.3. The lowest BCUT2D eigenvalue weighted by Crippen LogP contribution is -2.54. The predicted molar refractivity (Wildman–Crippen MR) is 96.3 cm³/mol. The number of methoxy groups -OCH3 is 1. The molecule has 1 spiro atoms. The van der Waals surface area contributed by atoms with Crippen LogP contribution in [0.4, 0.5) is 0 Å². The lowest BCUT2D eigenvalue weighted by atomic mass is 10.0. The van der Waals surface area contributed by atoms with Crippen LogP contribution in [-0.2, 0) is 16.6 Å². The maximum Gasteiger partial charge on any atom is 0.270 e. The van der Waals surface area contributed by atoms with Crippen LogP contribution in [0.15, 0.2) is 24.3 Å². The highest BCUT2D eigenvalue weighted by Gasteiger charge is 2.45. The SMILES string of the molecule is COc1ccc2cc(C(=O)N3CCC4(CN(C)C(=O)CO4)C3)n(C)c2c1. The van der Waals surface area contributed by atoms with Crippen molar-refractivity contribution in [1.29, 1.82) is 0 Å². The van der Waals surface area contributed by atoms with E-state index in [9.17, 15) is 9.59 Å². The number of morpholine rings is 1. The van der Waals surface area contributed by atoms with E-state index < -0.39 is 5.60 Å². The van der Waals surface area contributed by atoms with Crippen LogP contribution in [0.25, 0.3) is 10.9 Å². The molecule has 7 nitrogen and oxygen atoms in total. The van der Waals surface area contributed by atoms with Crippen molar-refractivity contribution in [2.75, 3.05) is 40.4 Å². The number of likely N-dealkylation sites (tertiary alicyclic amines) is 1. The number of rotatable bonds is 2. The summed E-state index contributed by atoms with van der Waals surface area (Å²) in [5.74, 6) is 0.742. The van der Waals surface area contributed by atoms with E-state index in [0.29, 0.717) is 25.3 Å². The molecule has 4 rings (SSSR count). The normalized spacial score (nSPS) is 23.3. The number of hydrogen-bond acceptors (Lipinski definition) is 4. The van der Waals surface area contributed by atoms with Crippen LogP contribution in [0.3, 0.4) is 0 Å². The number of amides is 2. The van der Waals surface area contributed by atoms with Gasteiger partial charge in [0.25, 0.3) is 5.91 Å². The van der Waals surface area contributed by atoms with Gasteiger partial charge in [-0.1, -0.05) is 0 Å². The van der Waals surface area contributed by atoms with Crippen molar-refractivity contribution >= 4 is 22.7 Å². The molecule has 0 radical (unpaired) electrons. The molecule has 1 aromatic heterocycles. The van der Waals surface area contributed by atoms with Crippen molar-refractivity contribution in [2.24, 2.45) is 7.05 Å². The summed E-state index contributed by atoms with van der Waals surface area (Å²) in [5, 5.41) is 1.00. The molecule has 2 amide bonds. The Morgan fingerprint density at radius 1 is 1.23 bits per heavy atom. The Hall–Kier alpha value is -2.54. The fraction of sp³-hybridized carbons (Fsp3) is 0.474. The molecule has 1 atom stereocenters. The molecule has 1 aromatic carbocycles. The summed E-state index contributed by atoms with van der Waals surface area (Å²) < 4.78 is 13.0. The average Bonchev–Trinajstić information content (AvgIpc) is 3.20. The topological polar surface area (TPSA) is 64.0 Å². The Labute approximate surface area is 152 Å². The lowest BCUT2D eigenvalue weighted by Gasteiger charge is -2.38. The maximum atomic E-state index is 13.1. The first kappa shape index (κ1) is 16.9. The van der Waals surface area contributed by atoms with Crippen molar-refractivity contribution in [3.8, 4) is 5.75 Å². The monoisotopic (exact) mass is 357 g/mol. The van der Waals surface area contributed by atoms with Gasteiger partial charge in [-0.2, -0.15) is 0 Å². The number of benzene rings is 1. The lowest BCUT2D eigenvalue weighted by molar-refractivity contribution is -0.158. The Kier molecular flexibility index (Phi) is 3.91. The van der Waals surface area contributed by atoms with Gasteiger partial charge in [-0.3, -0.25) is 9.59 Å². The number of aryl methyl sites for hydroxylation is 1.